The van der Waals surface area contributed by atoms with Gasteiger partial charge in [0.05, 0.1) is 0 Å². The van der Waals surface area contributed by atoms with Crippen LogP contribution in [0.5, 0.6) is 0 Å². The molecule has 0 unspecified atom stereocenters. The number of carbonyl (C=O) groups excluding carboxylic acids is 2. The molecule has 0 saturated carbocycles. The van der Waals surface area contributed by atoms with Crippen LogP contribution in [0.2, 0.25) is 0 Å². The number of aliphatic hydroxyl groups excluding tert-OH is 1. The SMILES string of the molecule is CC1(C)OC=C([C@@]2(O)C(=O)C3=C(CCCC3)[C@H]2O)C(=O)O1. The fourth-order valence-corrected chi connectivity index (χ4v) is 3.16. The van der Waals surface area contributed by atoms with Crippen molar-refractivity contribution in [3.8, 4) is 0 Å². The molecule has 3 rings (SSSR count). The Morgan fingerprint density at radius 1 is 1.24 bits per heavy atom. The molecule has 0 aromatic heterocycles. The molecule has 0 aromatic rings. The lowest BCUT2D eigenvalue weighted by molar-refractivity contribution is -0.206. The number of hydrogen-bond donors (Lipinski definition) is 2. The Bertz CT molecular complexity index is 585. The van der Waals surface area contributed by atoms with E-state index in [0.717, 1.165) is 19.1 Å². The Balaban J connectivity index is 2.01. The van der Waals surface area contributed by atoms with Crippen LogP contribution in [0.4, 0.5) is 0 Å². The van der Waals surface area contributed by atoms with Crippen molar-refractivity contribution in [1.82, 2.24) is 0 Å². The van der Waals surface area contributed by atoms with Gasteiger partial charge in [0.2, 0.25) is 5.79 Å². The van der Waals surface area contributed by atoms with Crippen molar-refractivity contribution in [1.29, 1.82) is 0 Å². The first-order valence-electron chi connectivity index (χ1n) is 7.06. The van der Waals surface area contributed by atoms with Gasteiger partial charge < -0.3 is 19.7 Å². The molecule has 0 aromatic carbocycles. The van der Waals surface area contributed by atoms with Crippen LogP contribution >= 0.6 is 0 Å². The number of rotatable bonds is 1. The zero-order chi connectivity index (χ0) is 15.4. The fourth-order valence-electron chi connectivity index (χ4n) is 3.16. The van der Waals surface area contributed by atoms with Crippen LogP contribution in [0.25, 0.3) is 0 Å². The molecule has 0 bridgehead atoms. The molecular formula is C15H18O6. The van der Waals surface area contributed by atoms with Crippen LogP contribution < -0.4 is 0 Å². The van der Waals surface area contributed by atoms with Crippen molar-refractivity contribution in [3.05, 3.63) is 23.0 Å². The van der Waals surface area contributed by atoms with Crippen molar-refractivity contribution in [2.24, 2.45) is 0 Å². The molecule has 0 amide bonds. The first-order valence-corrected chi connectivity index (χ1v) is 7.06. The Labute approximate surface area is 122 Å². The van der Waals surface area contributed by atoms with Gasteiger partial charge in [0, 0.05) is 19.4 Å². The van der Waals surface area contributed by atoms with Gasteiger partial charge >= 0.3 is 5.97 Å². The standard InChI is InChI=1S/C15H18O6/c1-14(2)20-7-10(13(18)21-14)15(19)11(16)8-5-3-4-6-9(8)12(15)17/h7,11,16,19H,3-6H2,1-2H3/t11-,15+/m1/s1. The summed E-state index contributed by atoms with van der Waals surface area (Å²) in [5, 5.41) is 21.1. The second-order valence-electron chi connectivity index (χ2n) is 6.15. The monoisotopic (exact) mass is 294 g/mol. The van der Waals surface area contributed by atoms with Gasteiger partial charge in [-0.2, -0.15) is 0 Å². The molecule has 0 saturated heterocycles. The average Bonchev–Trinajstić information content (AvgIpc) is 2.61. The molecule has 1 aliphatic heterocycles. The van der Waals surface area contributed by atoms with E-state index in [9.17, 15) is 19.8 Å². The minimum absolute atomic E-state index is 0.339. The van der Waals surface area contributed by atoms with Gasteiger partial charge in [-0.15, -0.1) is 0 Å². The number of aliphatic hydroxyl groups is 2. The zero-order valence-electron chi connectivity index (χ0n) is 12.0. The van der Waals surface area contributed by atoms with E-state index in [2.05, 4.69) is 0 Å². The third kappa shape index (κ3) is 1.93. The maximum absolute atomic E-state index is 12.5. The molecule has 0 radical (unpaired) electrons. The molecule has 2 N–H and O–H groups in total. The molecular weight excluding hydrogens is 276 g/mol. The summed E-state index contributed by atoms with van der Waals surface area (Å²) in [6.07, 6.45) is 2.38. The Hall–Kier alpha value is -1.66. The van der Waals surface area contributed by atoms with Gasteiger partial charge in [-0.05, 0) is 31.3 Å². The summed E-state index contributed by atoms with van der Waals surface area (Å²) in [6.45, 7) is 3.08. The van der Waals surface area contributed by atoms with E-state index < -0.39 is 29.2 Å². The summed E-state index contributed by atoms with van der Waals surface area (Å²) in [7, 11) is 0. The molecule has 2 atom stereocenters. The lowest BCUT2D eigenvalue weighted by Crippen LogP contribution is -2.52. The third-order valence-electron chi connectivity index (χ3n) is 4.29. The summed E-state index contributed by atoms with van der Waals surface area (Å²) in [5.41, 5.74) is -1.65. The van der Waals surface area contributed by atoms with Crippen LogP contribution in [0.3, 0.4) is 0 Å². The van der Waals surface area contributed by atoms with Gasteiger partial charge in [0.1, 0.15) is 17.9 Å². The first kappa shape index (κ1) is 14.3. The van der Waals surface area contributed by atoms with Crippen LogP contribution in [0.15, 0.2) is 23.0 Å². The maximum atomic E-state index is 12.5. The van der Waals surface area contributed by atoms with Crippen molar-refractivity contribution < 1.29 is 29.3 Å². The molecule has 2 aliphatic carbocycles. The topological polar surface area (TPSA) is 93.1 Å². The highest BCUT2D eigenvalue weighted by Gasteiger charge is 2.59. The van der Waals surface area contributed by atoms with E-state index >= 15 is 0 Å². The van der Waals surface area contributed by atoms with Crippen molar-refractivity contribution in [3.63, 3.8) is 0 Å². The van der Waals surface area contributed by atoms with Crippen LogP contribution in [0.1, 0.15) is 39.5 Å². The van der Waals surface area contributed by atoms with E-state index in [4.69, 9.17) is 9.47 Å². The van der Waals surface area contributed by atoms with Gasteiger partial charge in [-0.3, -0.25) is 4.79 Å². The maximum Gasteiger partial charge on any atom is 0.343 e. The number of ketones is 1. The minimum Gasteiger partial charge on any atom is -0.460 e. The molecule has 3 aliphatic rings. The Morgan fingerprint density at radius 3 is 2.52 bits per heavy atom. The molecule has 6 heteroatoms. The summed E-state index contributed by atoms with van der Waals surface area (Å²) in [6, 6.07) is 0. The number of cyclic esters (lactones) is 1. The molecule has 6 nitrogen and oxygen atoms in total. The van der Waals surface area contributed by atoms with Crippen molar-refractivity contribution in [2.75, 3.05) is 0 Å². The van der Waals surface area contributed by atoms with E-state index in [1.807, 2.05) is 0 Å². The van der Waals surface area contributed by atoms with Crippen LogP contribution in [-0.4, -0.2) is 39.5 Å². The summed E-state index contributed by atoms with van der Waals surface area (Å²) >= 11 is 0. The summed E-state index contributed by atoms with van der Waals surface area (Å²) in [5.74, 6) is -2.62. The average molecular weight is 294 g/mol. The zero-order valence-corrected chi connectivity index (χ0v) is 12.0. The predicted molar refractivity (Wildman–Crippen MR) is 70.8 cm³/mol. The van der Waals surface area contributed by atoms with Crippen molar-refractivity contribution >= 4 is 11.8 Å². The number of esters is 1. The van der Waals surface area contributed by atoms with Crippen molar-refractivity contribution in [2.45, 2.75) is 57.0 Å². The first-order chi connectivity index (χ1) is 9.77. The predicted octanol–water partition coefficient (Wildman–Crippen LogP) is 0.725. The quantitative estimate of drug-likeness (QED) is 0.692. The van der Waals surface area contributed by atoms with E-state index in [1.165, 1.54) is 0 Å². The molecule has 0 fully saturated rings. The lowest BCUT2D eigenvalue weighted by atomic mass is 9.86. The smallest absolute Gasteiger partial charge is 0.343 e. The summed E-state index contributed by atoms with van der Waals surface area (Å²) < 4.78 is 10.3. The van der Waals surface area contributed by atoms with Gasteiger partial charge in [-0.25, -0.2) is 4.79 Å². The van der Waals surface area contributed by atoms with E-state index in [-0.39, 0.29) is 5.57 Å². The largest absolute Gasteiger partial charge is 0.460 e. The van der Waals surface area contributed by atoms with Gasteiger partial charge in [0.25, 0.3) is 0 Å². The summed E-state index contributed by atoms with van der Waals surface area (Å²) in [4.78, 5) is 24.6. The van der Waals surface area contributed by atoms with E-state index in [1.54, 1.807) is 13.8 Å². The normalized spacial score (nSPS) is 35.0. The number of carbonyl (C=O) groups is 2. The molecule has 21 heavy (non-hydrogen) atoms. The highest BCUT2D eigenvalue weighted by molar-refractivity contribution is 6.14. The van der Waals surface area contributed by atoms with Gasteiger partial charge in [0.15, 0.2) is 11.4 Å². The van der Waals surface area contributed by atoms with Crippen LogP contribution in [-0.2, 0) is 19.1 Å². The van der Waals surface area contributed by atoms with Gasteiger partial charge in [-0.1, -0.05) is 0 Å². The third-order valence-corrected chi connectivity index (χ3v) is 4.29. The highest BCUT2D eigenvalue weighted by atomic mass is 16.7. The second-order valence-corrected chi connectivity index (χ2v) is 6.15. The minimum atomic E-state index is -2.29. The highest BCUT2D eigenvalue weighted by Crippen LogP contribution is 2.45. The number of Topliss-reactive ketones (excluding diaryl/α,β-unsaturated/α-hetero) is 1. The molecule has 114 valence electrons. The fraction of sp³-hybridized carbons (Fsp3) is 0.600. The second kappa shape index (κ2) is 4.42. The van der Waals surface area contributed by atoms with Crippen LogP contribution in [0, 0.1) is 0 Å². The lowest BCUT2D eigenvalue weighted by Gasteiger charge is -2.35. The number of ether oxygens (including phenoxy) is 2. The molecule has 0 spiro atoms. The Morgan fingerprint density at radius 2 is 1.90 bits per heavy atom. The number of hydrogen-bond acceptors (Lipinski definition) is 6. The molecule has 1 heterocycles. The Kier molecular flexibility index (Phi) is 3.00. The van der Waals surface area contributed by atoms with E-state index in [0.29, 0.717) is 24.0 Å².